The van der Waals surface area contributed by atoms with E-state index in [1.54, 1.807) is 0 Å². The van der Waals surface area contributed by atoms with Crippen molar-refractivity contribution < 1.29 is 9.90 Å². The molecule has 2 N–H and O–H groups in total. The first kappa shape index (κ1) is 7.37. The number of rotatable bonds is 2. The molecule has 0 spiro atoms. The van der Waals surface area contributed by atoms with Gasteiger partial charge in [0.25, 0.3) is 0 Å². The largest absolute Gasteiger partial charge is 0.396 e. The monoisotopic (exact) mass is 142 g/mol. The molecule has 1 aliphatic heterocycles. The van der Waals surface area contributed by atoms with Crippen LogP contribution in [0.2, 0.25) is 0 Å². The minimum Gasteiger partial charge on any atom is -0.396 e. The molecule has 4 nitrogen and oxygen atoms in total. The van der Waals surface area contributed by atoms with Crippen molar-refractivity contribution >= 4 is 12.1 Å². The highest BCUT2D eigenvalue weighted by Crippen LogP contribution is 2.02. The molecule has 1 fully saturated rings. The quantitative estimate of drug-likeness (QED) is 0.476. The molecule has 0 aromatic rings. The first-order valence-corrected chi connectivity index (χ1v) is 3.20. The highest BCUT2D eigenvalue weighted by Gasteiger charge is 2.20. The molecule has 1 saturated heterocycles. The molecule has 10 heavy (non-hydrogen) atoms. The summed E-state index contributed by atoms with van der Waals surface area (Å²) in [6, 6.07) is 0. The standard InChI is InChI=1S/C6H10N2O2/c9-3-5-1-7-2-6(5)8-4-10/h4-5,7,9H,1-3H2/t5-/m1/s1. The highest BCUT2D eigenvalue weighted by molar-refractivity contribution is 5.94. The van der Waals surface area contributed by atoms with Gasteiger partial charge in [-0.15, -0.1) is 0 Å². The number of hydrogen-bond donors (Lipinski definition) is 2. The van der Waals surface area contributed by atoms with Gasteiger partial charge in [-0.2, -0.15) is 0 Å². The number of aliphatic hydroxyl groups excluding tert-OH is 1. The van der Waals surface area contributed by atoms with Crippen LogP contribution in [-0.2, 0) is 4.79 Å². The van der Waals surface area contributed by atoms with Crippen LogP contribution in [0.3, 0.4) is 0 Å². The molecule has 1 aliphatic rings. The van der Waals surface area contributed by atoms with Gasteiger partial charge in [0.15, 0.2) is 0 Å². The molecule has 56 valence electrons. The zero-order valence-corrected chi connectivity index (χ0v) is 5.58. The Morgan fingerprint density at radius 2 is 2.70 bits per heavy atom. The van der Waals surface area contributed by atoms with Crippen molar-refractivity contribution in [2.45, 2.75) is 0 Å². The number of aliphatic imine (C=N–C) groups is 1. The maximum Gasteiger partial charge on any atom is 0.232 e. The summed E-state index contributed by atoms with van der Waals surface area (Å²) in [6.07, 6.45) is 0.519. The molecular formula is C6H10N2O2. The van der Waals surface area contributed by atoms with Crippen LogP contribution in [0.5, 0.6) is 0 Å². The third kappa shape index (κ3) is 1.40. The average molecular weight is 142 g/mol. The maximum absolute atomic E-state index is 9.93. The van der Waals surface area contributed by atoms with Gasteiger partial charge >= 0.3 is 0 Å². The van der Waals surface area contributed by atoms with Crippen molar-refractivity contribution in [3.63, 3.8) is 0 Å². The highest BCUT2D eigenvalue weighted by atomic mass is 16.3. The Balaban J connectivity index is 2.57. The normalized spacial score (nSPS) is 29.3. The van der Waals surface area contributed by atoms with Crippen LogP contribution in [-0.4, -0.2) is 36.9 Å². The third-order valence-electron chi connectivity index (χ3n) is 1.61. The van der Waals surface area contributed by atoms with Crippen LogP contribution >= 0.6 is 0 Å². The number of nitrogens with one attached hydrogen (secondary N) is 1. The Morgan fingerprint density at radius 3 is 3.30 bits per heavy atom. The van der Waals surface area contributed by atoms with Gasteiger partial charge in [-0.3, -0.25) is 4.79 Å². The second-order valence-electron chi connectivity index (χ2n) is 2.24. The van der Waals surface area contributed by atoms with E-state index in [4.69, 9.17) is 5.11 Å². The van der Waals surface area contributed by atoms with Gasteiger partial charge in [0.2, 0.25) is 6.41 Å². The maximum atomic E-state index is 9.93. The molecule has 0 radical (unpaired) electrons. The minimum atomic E-state index is 0.0465. The van der Waals surface area contributed by atoms with Gasteiger partial charge in [-0.25, -0.2) is 4.99 Å². The molecule has 0 bridgehead atoms. The summed E-state index contributed by atoms with van der Waals surface area (Å²) in [6.45, 7) is 1.42. The lowest BCUT2D eigenvalue weighted by Gasteiger charge is -2.01. The third-order valence-corrected chi connectivity index (χ3v) is 1.61. The predicted octanol–water partition coefficient (Wildman–Crippen LogP) is -1.20. The Hall–Kier alpha value is -0.740. The zero-order chi connectivity index (χ0) is 7.40. The number of amides is 1. The van der Waals surface area contributed by atoms with Gasteiger partial charge < -0.3 is 10.4 Å². The number of carbonyl (C=O) groups excluding carboxylic acids is 1. The van der Waals surface area contributed by atoms with E-state index in [2.05, 4.69) is 10.3 Å². The summed E-state index contributed by atoms with van der Waals surface area (Å²) in [7, 11) is 0. The smallest absolute Gasteiger partial charge is 0.232 e. The second kappa shape index (κ2) is 3.43. The molecule has 0 aromatic carbocycles. The average Bonchev–Trinajstić information content (AvgIpc) is 2.36. The fourth-order valence-electron chi connectivity index (χ4n) is 1.03. The predicted molar refractivity (Wildman–Crippen MR) is 36.9 cm³/mol. The van der Waals surface area contributed by atoms with Crippen molar-refractivity contribution in [1.82, 2.24) is 5.32 Å². The van der Waals surface area contributed by atoms with Crippen LogP contribution < -0.4 is 5.32 Å². The van der Waals surface area contributed by atoms with Crippen molar-refractivity contribution in [2.75, 3.05) is 19.7 Å². The summed E-state index contributed by atoms with van der Waals surface area (Å²) >= 11 is 0. The Morgan fingerprint density at radius 1 is 1.90 bits per heavy atom. The fraction of sp³-hybridized carbons (Fsp3) is 0.667. The summed E-state index contributed by atoms with van der Waals surface area (Å²) in [5, 5.41) is 11.7. The Bertz CT molecular complexity index is 156. The number of nitrogens with zero attached hydrogens (tertiary/aromatic N) is 1. The summed E-state index contributed by atoms with van der Waals surface area (Å²) in [5.41, 5.74) is 0.762. The minimum absolute atomic E-state index is 0.0465. The van der Waals surface area contributed by atoms with Gasteiger partial charge in [-0.05, 0) is 0 Å². The molecule has 0 aromatic heterocycles. The SMILES string of the molecule is O=CN=C1CNC[C@@H]1CO. The van der Waals surface area contributed by atoms with Gasteiger partial charge in [-0.1, -0.05) is 0 Å². The second-order valence-corrected chi connectivity index (χ2v) is 2.24. The lowest BCUT2D eigenvalue weighted by atomic mass is 10.1. The Kier molecular flexibility index (Phi) is 2.53. The van der Waals surface area contributed by atoms with Crippen LogP contribution in [0, 0.1) is 5.92 Å². The van der Waals surface area contributed by atoms with Crippen molar-refractivity contribution in [2.24, 2.45) is 10.9 Å². The molecule has 1 amide bonds. The van der Waals surface area contributed by atoms with E-state index in [-0.39, 0.29) is 12.5 Å². The molecule has 1 atom stereocenters. The molecule has 0 unspecified atom stereocenters. The summed E-state index contributed by atoms with van der Waals surface area (Å²) in [4.78, 5) is 13.5. The molecule has 0 aliphatic carbocycles. The first-order valence-electron chi connectivity index (χ1n) is 3.20. The van der Waals surface area contributed by atoms with Crippen LogP contribution in [0.15, 0.2) is 4.99 Å². The Labute approximate surface area is 59.0 Å². The molecule has 0 saturated carbocycles. The van der Waals surface area contributed by atoms with Crippen molar-refractivity contribution in [1.29, 1.82) is 0 Å². The molecule has 1 heterocycles. The van der Waals surface area contributed by atoms with Crippen LogP contribution in [0.4, 0.5) is 0 Å². The van der Waals surface area contributed by atoms with Gasteiger partial charge in [0.05, 0.1) is 6.61 Å². The van der Waals surface area contributed by atoms with E-state index in [9.17, 15) is 4.79 Å². The van der Waals surface area contributed by atoms with E-state index in [1.807, 2.05) is 0 Å². The summed E-state index contributed by atoms with van der Waals surface area (Å²) in [5.74, 6) is 0.0465. The zero-order valence-electron chi connectivity index (χ0n) is 5.58. The van der Waals surface area contributed by atoms with E-state index in [1.165, 1.54) is 0 Å². The number of carbonyl (C=O) groups is 1. The fourth-order valence-corrected chi connectivity index (χ4v) is 1.03. The lowest BCUT2D eigenvalue weighted by Crippen LogP contribution is -2.15. The number of aliphatic hydroxyl groups is 1. The summed E-state index contributed by atoms with van der Waals surface area (Å²) < 4.78 is 0. The van der Waals surface area contributed by atoms with Crippen LogP contribution in [0.25, 0.3) is 0 Å². The van der Waals surface area contributed by atoms with E-state index < -0.39 is 0 Å². The van der Waals surface area contributed by atoms with E-state index in [0.717, 1.165) is 12.3 Å². The lowest BCUT2D eigenvalue weighted by molar-refractivity contribution is -0.106. The van der Waals surface area contributed by atoms with Gasteiger partial charge in [0.1, 0.15) is 0 Å². The van der Waals surface area contributed by atoms with Crippen LogP contribution in [0.1, 0.15) is 0 Å². The van der Waals surface area contributed by atoms with E-state index in [0.29, 0.717) is 13.0 Å². The molecular weight excluding hydrogens is 132 g/mol. The van der Waals surface area contributed by atoms with Crippen molar-refractivity contribution in [3.05, 3.63) is 0 Å². The topological polar surface area (TPSA) is 61.7 Å². The van der Waals surface area contributed by atoms with Gasteiger partial charge in [0, 0.05) is 24.7 Å². The van der Waals surface area contributed by atoms with E-state index >= 15 is 0 Å². The van der Waals surface area contributed by atoms with Crippen molar-refractivity contribution in [3.8, 4) is 0 Å². The first-order chi connectivity index (χ1) is 4.88. The molecule has 4 heteroatoms. The molecule has 1 rings (SSSR count). The number of hydrogen-bond acceptors (Lipinski definition) is 3.